The van der Waals surface area contributed by atoms with E-state index < -0.39 is 5.91 Å². The van der Waals surface area contributed by atoms with E-state index in [1.165, 1.54) is 11.9 Å². The molecule has 3 nitrogen and oxygen atoms in total. The second kappa shape index (κ2) is 6.91. The molecule has 0 aromatic heterocycles. The number of ether oxygens (including phenoxy) is 2. The van der Waals surface area contributed by atoms with Crippen LogP contribution >= 0.6 is 11.9 Å². The lowest BCUT2D eigenvalue weighted by Crippen LogP contribution is -2.43. The zero-order valence-electron chi connectivity index (χ0n) is 10.0. The van der Waals surface area contributed by atoms with Crippen LogP contribution in [0, 0.1) is 0 Å². The Hall–Kier alpha value is -0.550. The zero-order valence-corrected chi connectivity index (χ0v) is 10.8. The van der Waals surface area contributed by atoms with E-state index in [2.05, 4.69) is 4.72 Å². The lowest BCUT2D eigenvalue weighted by molar-refractivity contribution is -0.226. The first kappa shape index (κ1) is 13.5. The Morgan fingerprint density at radius 2 is 1.69 bits per heavy atom. The smallest absolute Gasteiger partial charge is 0.233 e. The van der Waals surface area contributed by atoms with Gasteiger partial charge in [0.25, 0.3) is 0 Å². The van der Waals surface area contributed by atoms with Crippen molar-refractivity contribution in [2.45, 2.75) is 31.6 Å². The summed E-state index contributed by atoms with van der Waals surface area (Å²) in [5.41, 5.74) is 0. The number of rotatable bonds is 7. The van der Waals surface area contributed by atoms with Crippen LogP contribution in [0.1, 0.15) is 20.8 Å². The Balaban J connectivity index is 2.49. The molecule has 0 unspecified atom stereocenters. The van der Waals surface area contributed by atoms with Crippen LogP contribution in [0.5, 0.6) is 0 Å². The third kappa shape index (κ3) is 4.53. The summed E-state index contributed by atoms with van der Waals surface area (Å²) in [7, 11) is 0. The normalized spacial score (nSPS) is 11.7. The summed E-state index contributed by atoms with van der Waals surface area (Å²) in [6.45, 7) is 7.01. The number of benzene rings is 1. The van der Waals surface area contributed by atoms with E-state index in [1.54, 1.807) is 0 Å². The highest BCUT2D eigenvalue weighted by atomic mass is 32.2. The van der Waals surface area contributed by atoms with Gasteiger partial charge in [0.05, 0.1) is 0 Å². The Bertz CT molecular complexity index is 286. The van der Waals surface area contributed by atoms with Gasteiger partial charge in [0.15, 0.2) is 0 Å². The molecular weight excluding hydrogens is 222 g/mol. The van der Waals surface area contributed by atoms with E-state index in [1.807, 2.05) is 51.1 Å². The van der Waals surface area contributed by atoms with Crippen molar-refractivity contribution >= 4 is 11.9 Å². The topological polar surface area (TPSA) is 30.5 Å². The lowest BCUT2D eigenvalue weighted by Gasteiger charge is -2.29. The van der Waals surface area contributed by atoms with Crippen LogP contribution in [0.4, 0.5) is 0 Å². The number of nitrogens with one attached hydrogen (secondary N) is 1. The Kier molecular flexibility index (Phi) is 5.84. The molecule has 90 valence electrons. The van der Waals surface area contributed by atoms with Gasteiger partial charge in [0.1, 0.15) is 0 Å². The highest BCUT2D eigenvalue weighted by molar-refractivity contribution is 7.97. The minimum Gasteiger partial charge on any atom is -0.337 e. The molecule has 4 heteroatoms. The molecular formula is C12H19NO2S. The van der Waals surface area contributed by atoms with Gasteiger partial charge in [-0.15, -0.1) is 0 Å². The van der Waals surface area contributed by atoms with Crippen molar-refractivity contribution in [1.82, 2.24) is 4.72 Å². The molecule has 0 fully saturated rings. The second-order valence-electron chi connectivity index (χ2n) is 3.33. The summed E-state index contributed by atoms with van der Waals surface area (Å²) in [5, 5.41) is 0. The second-order valence-corrected chi connectivity index (χ2v) is 4.21. The van der Waals surface area contributed by atoms with Crippen molar-refractivity contribution in [3.63, 3.8) is 0 Å². The van der Waals surface area contributed by atoms with Gasteiger partial charge in [0, 0.05) is 25.0 Å². The highest BCUT2D eigenvalue weighted by Gasteiger charge is 2.24. The maximum atomic E-state index is 5.54. The molecule has 1 aromatic carbocycles. The monoisotopic (exact) mass is 241 g/mol. The van der Waals surface area contributed by atoms with Gasteiger partial charge in [-0.1, -0.05) is 18.2 Å². The van der Waals surface area contributed by atoms with Crippen LogP contribution in [0.2, 0.25) is 0 Å². The van der Waals surface area contributed by atoms with Crippen LogP contribution < -0.4 is 4.72 Å². The quantitative estimate of drug-likeness (QED) is 0.587. The van der Waals surface area contributed by atoms with Crippen LogP contribution in [-0.4, -0.2) is 19.1 Å². The lowest BCUT2D eigenvalue weighted by atomic mass is 10.4. The van der Waals surface area contributed by atoms with Gasteiger partial charge >= 0.3 is 0 Å². The molecule has 0 aliphatic heterocycles. The maximum Gasteiger partial charge on any atom is 0.233 e. The standard InChI is InChI=1S/C12H19NO2S/c1-4-14-12(3,15-5-2)13-16-11-9-7-6-8-10-11/h6-10,13H,4-5H2,1-3H3. The summed E-state index contributed by atoms with van der Waals surface area (Å²) >= 11 is 1.51. The molecule has 1 aromatic rings. The summed E-state index contributed by atoms with van der Waals surface area (Å²) < 4.78 is 14.3. The largest absolute Gasteiger partial charge is 0.337 e. The molecule has 0 heterocycles. The third-order valence-electron chi connectivity index (χ3n) is 1.94. The number of hydrogen-bond donors (Lipinski definition) is 1. The minimum absolute atomic E-state index is 0.610. The van der Waals surface area contributed by atoms with E-state index in [0.29, 0.717) is 13.2 Å². The molecule has 0 bridgehead atoms. The molecule has 0 spiro atoms. The maximum absolute atomic E-state index is 5.54. The fourth-order valence-corrected chi connectivity index (χ4v) is 2.01. The minimum atomic E-state index is -0.732. The van der Waals surface area contributed by atoms with E-state index in [9.17, 15) is 0 Å². The summed E-state index contributed by atoms with van der Waals surface area (Å²) in [4.78, 5) is 1.13. The van der Waals surface area contributed by atoms with E-state index >= 15 is 0 Å². The van der Waals surface area contributed by atoms with Crippen molar-refractivity contribution in [2.75, 3.05) is 13.2 Å². The molecule has 0 saturated heterocycles. The van der Waals surface area contributed by atoms with Crippen molar-refractivity contribution < 1.29 is 9.47 Å². The Morgan fingerprint density at radius 1 is 1.12 bits per heavy atom. The van der Waals surface area contributed by atoms with Gasteiger partial charge < -0.3 is 9.47 Å². The van der Waals surface area contributed by atoms with E-state index in [-0.39, 0.29) is 0 Å². The van der Waals surface area contributed by atoms with Crippen LogP contribution in [0.3, 0.4) is 0 Å². The SMILES string of the molecule is CCOC(C)(NSc1ccccc1)OCC. The third-order valence-corrected chi connectivity index (χ3v) is 2.92. The fraction of sp³-hybridized carbons (Fsp3) is 0.500. The van der Waals surface area contributed by atoms with Gasteiger partial charge in [0.2, 0.25) is 5.91 Å². The molecule has 0 saturated carbocycles. The predicted molar refractivity (Wildman–Crippen MR) is 67.1 cm³/mol. The van der Waals surface area contributed by atoms with Gasteiger partial charge in [-0.25, -0.2) is 4.72 Å². The van der Waals surface area contributed by atoms with E-state index in [0.717, 1.165) is 4.90 Å². The average molecular weight is 241 g/mol. The molecule has 0 atom stereocenters. The van der Waals surface area contributed by atoms with Crippen LogP contribution in [0.25, 0.3) is 0 Å². The molecule has 16 heavy (non-hydrogen) atoms. The average Bonchev–Trinajstić information content (AvgIpc) is 2.29. The Morgan fingerprint density at radius 3 is 2.19 bits per heavy atom. The van der Waals surface area contributed by atoms with Gasteiger partial charge in [-0.05, 0) is 37.9 Å². The van der Waals surface area contributed by atoms with Crippen molar-refractivity contribution in [1.29, 1.82) is 0 Å². The predicted octanol–water partition coefficient (Wildman–Crippen LogP) is 3.03. The van der Waals surface area contributed by atoms with Gasteiger partial charge in [-0.2, -0.15) is 0 Å². The first-order valence-electron chi connectivity index (χ1n) is 5.47. The zero-order chi connectivity index (χ0) is 11.9. The van der Waals surface area contributed by atoms with E-state index in [4.69, 9.17) is 9.47 Å². The first-order valence-corrected chi connectivity index (χ1v) is 6.29. The van der Waals surface area contributed by atoms with Gasteiger partial charge in [-0.3, -0.25) is 0 Å². The van der Waals surface area contributed by atoms with Crippen LogP contribution in [0.15, 0.2) is 35.2 Å². The molecule has 0 radical (unpaired) electrons. The summed E-state index contributed by atoms with van der Waals surface area (Å²) in [6.07, 6.45) is 0. The fourth-order valence-electron chi connectivity index (χ4n) is 1.29. The summed E-state index contributed by atoms with van der Waals surface area (Å²) in [6, 6.07) is 10.1. The first-order chi connectivity index (χ1) is 7.70. The van der Waals surface area contributed by atoms with Crippen LogP contribution in [-0.2, 0) is 9.47 Å². The molecule has 0 aliphatic rings. The highest BCUT2D eigenvalue weighted by Crippen LogP contribution is 2.19. The molecule has 1 N–H and O–H groups in total. The number of hydrogen-bond acceptors (Lipinski definition) is 4. The molecule has 0 aliphatic carbocycles. The molecule has 0 amide bonds. The van der Waals surface area contributed by atoms with Crippen molar-refractivity contribution in [3.8, 4) is 0 Å². The van der Waals surface area contributed by atoms with Crippen molar-refractivity contribution in [3.05, 3.63) is 30.3 Å². The van der Waals surface area contributed by atoms with Crippen molar-refractivity contribution in [2.24, 2.45) is 0 Å². The molecule has 1 rings (SSSR count). The summed E-state index contributed by atoms with van der Waals surface area (Å²) in [5.74, 6) is -0.732. The Labute approximate surface area is 102 Å².